The zero-order valence-corrected chi connectivity index (χ0v) is 11.0. The van der Waals surface area contributed by atoms with Crippen LogP contribution in [0.3, 0.4) is 0 Å². The highest BCUT2D eigenvalue weighted by molar-refractivity contribution is 5.55. The third-order valence-corrected chi connectivity index (χ3v) is 3.65. The average Bonchev–Trinajstić information content (AvgIpc) is 3.07. The zero-order chi connectivity index (χ0) is 13.2. The lowest BCUT2D eigenvalue weighted by Crippen LogP contribution is -2.13. The van der Waals surface area contributed by atoms with E-state index in [0.29, 0.717) is 17.6 Å². The minimum Gasteiger partial charge on any atom is -0.338 e. The van der Waals surface area contributed by atoms with Gasteiger partial charge >= 0.3 is 0 Å². The number of hydrogen-bond donors (Lipinski definition) is 1. The standard InChI is InChI=1S/C14H18N4O/c1-18-6-5-12(9-18)10-3-2-4-11(7-10)14-16-13(8-15)19-17-14/h2-4,7,12H,5-6,8-9,15H2,1H3. The average molecular weight is 258 g/mol. The van der Waals surface area contributed by atoms with Crippen LogP contribution in [0.5, 0.6) is 0 Å². The number of hydrogen-bond acceptors (Lipinski definition) is 5. The van der Waals surface area contributed by atoms with Crippen molar-refractivity contribution in [3.05, 3.63) is 35.7 Å². The van der Waals surface area contributed by atoms with Gasteiger partial charge in [-0.2, -0.15) is 4.98 Å². The Morgan fingerprint density at radius 2 is 2.37 bits per heavy atom. The Balaban J connectivity index is 1.87. The van der Waals surface area contributed by atoms with Gasteiger partial charge in [-0.05, 0) is 37.6 Å². The monoisotopic (exact) mass is 258 g/mol. The SMILES string of the molecule is CN1CCC(c2cccc(-c3noc(CN)n3)c2)C1. The van der Waals surface area contributed by atoms with Gasteiger partial charge in [0.1, 0.15) is 0 Å². The second kappa shape index (κ2) is 5.11. The van der Waals surface area contributed by atoms with Crippen LogP contribution in [0, 0.1) is 0 Å². The van der Waals surface area contributed by atoms with Gasteiger partial charge in [0.25, 0.3) is 0 Å². The van der Waals surface area contributed by atoms with Gasteiger partial charge in [0.05, 0.1) is 6.54 Å². The van der Waals surface area contributed by atoms with Crippen LogP contribution in [0.25, 0.3) is 11.4 Å². The third-order valence-electron chi connectivity index (χ3n) is 3.65. The molecule has 5 heteroatoms. The Bertz CT molecular complexity index is 566. The molecule has 100 valence electrons. The van der Waals surface area contributed by atoms with Crippen LogP contribution in [-0.2, 0) is 6.54 Å². The highest BCUT2D eigenvalue weighted by Gasteiger charge is 2.21. The van der Waals surface area contributed by atoms with Crippen molar-refractivity contribution in [1.82, 2.24) is 15.0 Å². The molecule has 1 fully saturated rings. The molecule has 0 aliphatic carbocycles. The van der Waals surface area contributed by atoms with Crippen LogP contribution in [-0.4, -0.2) is 35.2 Å². The lowest BCUT2D eigenvalue weighted by atomic mass is 9.96. The summed E-state index contributed by atoms with van der Waals surface area (Å²) < 4.78 is 5.06. The molecule has 1 atom stereocenters. The summed E-state index contributed by atoms with van der Waals surface area (Å²) in [5.41, 5.74) is 7.83. The Morgan fingerprint density at radius 3 is 3.05 bits per heavy atom. The molecule has 5 nitrogen and oxygen atoms in total. The normalized spacial score (nSPS) is 20.0. The van der Waals surface area contributed by atoms with E-state index in [-0.39, 0.29) is 6.54 Å². The van der Waals surface area contributed by atoms with E-state index >= 15 is 0 Å². The summed E-state index contributed by atoms with van der Waals surface area (Å²) in [5.74, 6) is 1.69. The van der Waals surface area contributed by atoms with Crippen LogP contribution < -0.4 is 5.73 Å². The lowest BCUT2D eigenvalue weighted by molar-refractivity contribution is 0.380. The summed E-state index contributed by atoms with van der Waals surface area (Å²) in [6.45, 7) is 2.55. The molecule has 1 aliphatic rings. The summed E-state index contributed by atoms with van der Waals surface area (Å²) in [4.78, 5) is 6.63. The van der Waals surface area contributed by atoms with Gasteiger partial charge in [-0.1, -0.05) is 23.4 Å². The summed E-state index contributed by atoms with van der Waals surface area (Å²) in [7, 11) is 2.16. The number of likely N-dealkylation sites (N-methyl/N-ethyl adjacent to an activating group) is 1. The second-order valence-electron chi connectivity index (χ2n) is 5.09. The van der Waals surface area contributed by atoms with Crippen molar-refractivity contribution in [2.24, 2.45) is 5.73 Å². The molecule has 1 unspecified atom stereocenters. The predicted octanol–water partition coefficient (Wildman–Crippen LogP) is 1.61. The van der Waals surface area contributed by atoms with Crippen molar-refractivity contribution in [1.29, 1.82) is 0 Å². The first kappa shape index (κ1) is 12.3. The molecule has 2 aromatic rings. The Morgan fingerprint density at radius 1 is 1.47 bits per heavy atom. The van der Waals surface area contributed by atoms with Crippen LogP contribution in [0.15, 0.2) is 28.8 Å². The molecule has 0 amide bonds. The maximum atomic E-state index is 5.48. The minimum absolute atomic E-state index is 0.278. The Kier molecular flexibility index (Phi) is 3.31. The van der Waals surface area contributed by atoms with Crippen molar-refractivity contribution in [2.45, 2.75) is 18.9 Å². The number of aromatic nitrogens is 2. The van der Waals surface area contributed by atoms with E-state index in [1.807, 2.05) is 6.07 Å². The molecule has 1 saturated heterocycles. The molecule has 0 bridgehead atoms. The maximum Gasteiger partial charge on any atom is 0.240 e. The van der Waals surface area contributed by atoms with Crippen molar-refractivity contribution >= 4 is 0 Å². The molecule has 1 aromatic heterocycles. The molecular weight excluding hydrogens is 240 g/mol. The fraction of sp³-hybridized carbons (Fsp3) is 0.429. The molecule has 0 spiro atoms. The van der Waals surface area contributed by atoms with E-state index in [9.17, 15) is 0 Å². The van der Waals surface area contributed by atoms with Gasteiger partial charge in [0.2, 0.25) is 11.7 Å². The quantitative estimate of drug-likeness (QED) is 0.906. The number of rotatable bonds is 3. The van der Waals surface area contributed by atoms with Gasteiger partial charge in [-0.3, -0.25) is 0 Å². The molecule has 19 heavy (non-hydrogen) atoms. The number of nitrogens with zero attached hydrogens (tertiary/aromatic N) is 3. The highest BCUT2D eigenvalue weighted by atomic mass is 16.5. The van der Waals surface area contributed by atoms with Gasteiger partial charge in [-0.15, -0.1) is 0 Å². The van der Waals surface area contributed by atoms with Crippen LogP contribution in [0.1, 0.15) is 23.8 Å². The highest BCUT2D eigenvalue weighted by Crippen LogP contribution is 2.28. The second-order valence-corrected chi connectivity index (χ2v) is 5.09. The summed E-state index contributed by atoms with van der Waals surface area (Å²) in [5, 5.41) is 3.96. The van der Waals surface area contributed by atoms with Crippen LogP contribution >= 0.6 is 0 Å². The third kappa shape index (κ3) is 2.52. The molecule has 1 aromatic carbocycles. The fourth-order valence-corrected chi connectivity index (χ4v) is 2.59. The molecule has 1 aliphatic heterocycles. The van der Waals surface area contributed by atoms with Crippen molar-refractivity contribution in [2.75, 3.05) is 20.1 Å². The molecule has 2 heterocycles. The van der Waals surface area contributed by atoms with Gasteiger partial charge in [0, 0.05) is 12.1 Å². The van der Waals surface area contributed by atoms with Crippen LogP contribution in [0.2, 0.25) is 0 Å². The summed E-state index contributed by atoms with van der Waals surface area (Å²) in [6.07, 6.45) is 1.21. The number of benzene rings is 1. The minimum atomic E-state index is 0.278. The maximum absolute atomic E-state index is 5.48. The van der Waals surface area contributed by atoms with Gasteiger partial charge in [-0.25, -0.2) is 0 Å². The number of likely N-dealkylation sites (tertiary alicyclic amines) is 1. The van der Waals surface area contributed by atoms with Crippen molar-refractivity contribution < 1.29 is 4.52 Å². The van der Waals surface area contributed by atoms with E-state index in [4.69, 9.17) is 10.3 Å². The first-order chi connectivity index (χ1) is 9.26. The topological polar surface area (TPSA) is 68.2 Å². The molecule has 3 rings (SSSR count). The lowest BCUT2D eigenvalue weighted by Gasteiger charge is -2.11. The van der Waals surface area contributed by atoms with E-state index in [1.54, 1.807) is 0 Å². The van der Waals surface area contributed by atoms with Crippen LogP contribution in [0.4, 0.5) is 0 Å². The first-order valence-electron chi connectivity index (χ1n) is 6.58. The Labute approximate surface area is 112 Å². The Hall–Kier alpha value is -1.72. The predicted molar refractivity (Wildman–Crippen MR) is 72.5 cm³/mol. The molecule has 2 N–H and O–H groups in total. The molecular formula is C14H18N4O. The molecule has 0 radical (unpaired) electrons. The largest absolute Gasteiger partial charge is 0.338 e. The zero-order valence-electron chi connectivity index (χ0n) is 11.0. The van der Waals surface area contributed by atoms with E-state index in [2.05, 4.69) is 40.3 Å². The van der Waals surface area contributed by atoms with Crippen molar-refractivity contribution in [3.8, 4) is 11.4 Å². The summed E-state index contributed by atoms with van der Waals surface area (Å²) in [6, 6.07) is 8.40. The number of nitrogens with two attached hydrogens (primary N) is 1. The van der Waals surface area contributed by atoms with E-state index in [0.717, 1.165) is 18.7 Å². The van der Waals surface area contributed by atoms with Crippen molar-refractivity contribution in [3.63, 3.8) is 0 Å². The first-order valence-corrected chi connectivity index (χ1v) is 6.58. The fourth-order valence-electron chi connectivity index (χ4n) is 2.59. The van der Waals surface area contributed by atoms with E-state index < -0.39 is 0 Å². The van der Waals surface area contributed by atoms with Gasteiger partial charge < -0.3 is 15.2 Å². The van der Waals surface area contributed by atoms with Gasteiger partial charge in [0.15, 0.2) is 0 Å². The summed E-state index contributed by atoms with van der Waals surface area (Å²) >= 11 is 0. The smallest absolute Gasteiger partial charge is 0.240 e. The van der Waals surface area contributed by atoms with E-state index in [1.165, 1.54) is 12.0 Å². The molecule has 0 saturated carbocycles.